The van der Waals surface area contributed by atoms with Gasteiger partial charge in [-0.25, -0.2) is 8.78 Å². The highest BCUT2D eigenvalue weighted by molar-refractivity contribution is 5.27. The molecule has 0 aliphatic carbocycles. The molecule has 0 amide bonds. The molecule has 0 radical (unpaired) electrons. The fourth-order valence-corrected chi connectivity index (χ4v) is 1.30. The smallest absolute Gasteiger partial charge is 0.282 e. The Bertz CT molecular complexity index is 366. The van der Waals surface area contributed by atoms with Gasteiger partial charge in [0, 0.05) is 6.54 Å². The maximum absolute atomic E-state index is 12.7. The number of hydrogen-bond donors (Lipinski definition) is 2. The minimum absolute atomic E-state index is 0.317. The molecule has 0 aromatic heterocycles. The van der Waals surface area contributed by atoms with Gasteiger partial charge >= 0.3 is 0 Å². The monoisotopic (exact) mass is 257 g/mol. The van der Waals surface area contributed by atoms with E-state index in [1.807, 2.05) is 0 Å². The summed E-state index contributed by atoms with van der Waals surface area (Å²) in [4.78, 5) is 0. The summed E-state index contributed by atoms with van der Waals surface area (Å²) in [6.07, 6.45) is 1.65. The summed E-state index contributed by atoms with van der Waals surface area (Å²) >= 11 is 0. The Kier molecular flexibility index (Phi) is 5.74. The highest BCUT2D eigenvalue weighted by Crippen LogP contribution is 2.13. The molecule has 0 saturated heterocycles. The maximum Gasteiger partial charge on any atom is 0.282 e. The van der Waals surface area contributed by atoms with E-state index in [-0.39, 0.29) is 0 Å². The largest absolute Gasteiger partial charge is 0.490 e. The Morgan fingerprint density at radius 2 is 2.00 bits per heavy atom. The van der Waals surface area contributed by atoms with E-state index in [1.54, 1.807) is 30.3 Å². The zero-order chi connectivity index (χ0) is 13.4. The Labute approximate surface area is 105 Å². The number of ether oxygens (including phenoxy) is 1. The van der Waals surface area contributed by atoms with E-state index in [1.165, 1.54) is 0 Å². The molecule has 0 heterocycles. The third kappa shape index (κ3) is 5.25. The number of rotatable bonds is 8. The highest BCUT2D eigenvalue weighted by atomic mass is 19.3. The quantitative estimate of drug-likeness (QED) is 0.700. The molecule has 5 heteroatoms. The van der Waals surface area contributed by atoms with Gasteiger partial charge in [0.2, 0.25) is 0 Å². The number of alkyl halides is 2. The fraction of sp³-hybridized carbons (Fsp3) is 0.385. The SMILES string of the molecule is C=CCOc1ccc(CNCC(F)(F)CO)cc1. The predicted octanol–water partition coefficient (Wildman–Crippen LogP) is 1.97. The van der Waals surface area contributed by atoms with Gasteiger partial charge in [0.15, 0.2) is 0 Å². The van der Waals surface area contributed by atoms with Crippen molar-refractivity contribution in [2.45, 2.75) is 12.5 Å². The summed E-state index contributed by atoms with van der Waals surface area (Å²) in [7, 11) is 0. The first-order chi connectivity index (χ1) is 8.57. The van der Waals surface area contributed by atoms with Crippen molar-refractivity contribution in [1.82, 2.24) is 5.32 Å². The third-order valence-corrected chi connectivity index (χ3v) is 2.24. The molecule has 0 unspecified atom stereocenters. The number of aliphatic hydroxyl groups excluding tert-OH is 1. The Balaban J connectivity index is 2.37. The van der Waals surface area contributed by atoms with Gasteiger partial charge in [0.05, 0.1) is 6.54 Å². The van der Waals surface area contributed by atoms with Crippen LogP contribution in [-0.4, -0.2) is 30.8 Å². The van der Waals surface area contributed by atoms with Crippen LogP contribution in [-0.2, 0) is 6.54 Å². The molecule has 0 atom stereocenters. The van der Waals surface area contributed by atoms with Crippen molar-refractivity contribution >= 4 is 0 Å². The second-order valence-corrected chi connectivity index (χ2v) is 3.86. The zero-order valence-corrected chi connectivity index (χ0v) is 10.0. The zero-order valence-electron chi connectivity index (χ0n) is 10.0. The lowest BCUT2D eigenvalue weighted by Crippen LogP contribution is -2.35. The molecule has 0 saturated carbocycles. The van der Waals surface area contributed by atoms with E-state index >= 15 is 0 Å². The van der Waals surface area contributed by atoms with Crippen LogP contribution >= 0.6 is 0 Å². The van der Waals surface area contributed by atoms with Crippen molar-refractivity contribution in [1.29, 1.82) is 0 Å². The standard InChI is InChI=1S/C13H17F2NO2/c1-2-7-18-12-5-3-11(4-6-12)8-16-9-13(14,15)10-17/h2-6,16-17H,1,7-10H2. The van der Waals surface area contributed by atoms with Crippen LogP contribution < -0.4 is 10.1 Å². The molecule has 0 aliphatic rings. The summed E-state index contributed by atoms with van der Waals surface area (Å²) < 4.78 is 30.7. The molecule has 0 bridgehead atoms. The van der Waals surface area contributed by atoms with Crippen LogP contribution in [0.15, 0.2) is 36.9 Å². The summed E-state index contributed by atoms with van der Waals surface area (Å²) in [5, 5.41) is 11.0. The topological polar surface area (TPSA) is 41.5 Å². The van der Waals surface area contributed by atoms with Crippen molar-refractivity contribution in [3.05, 3.63) is 42.5 Å². The number of hydrogen-bond acceptors (Lipinski definition) is 3. The number of benzene rings is 1. The van der Waals surface area contributed by atoms with Crippen LogP contribution in [0.1, 0.15) is 5.56 Å². The summed E-state index contributed by atoms with van der Waals surface area (Å²) in [6.45, 7) is 2.60. The molecular weight excluding hydrogens is 240 g/mol. The van der Waals surface area contributed by atoms with Gasteiger partial charge < -0.3 is 15.2 Å². The Morgan fingerprint density at radius 1 is 1.33 bits per heavy atom. The first-order valence-electron chi connectivity index (χ1n) is 5.59. The normalized spacial score (nSPS) is 11.3. The molecule has 0 fully saturated rings. The van der Waals surface area contributed by atoms with E-state index in [0.717, 1.165) is 5.56 Å². The molecule has 3 nitrogen and oxygen atoms in total. The van der Waals surface area contributed by atoms with Gasteiger partial charge in [-0.1, -0.05) is 24.8 Å². The van der Waals surface area contributed by atoms with Crippen LogP contribution in [0.25, 0.3) is 0 Å². The van der Waals surface area contributed by atoms with E-state index < -0.39 is 19.1 Å². The Hall–Kier alpha value is -1.46. The van der Waals surface area contributed by atoms with Crippen molar-refractivity contribution < 1.29 is 18.6 Å². The highest BCUT2D eigenvalue weighted by Gasteiger charge is 2.26. The van der Waals surface area contributed by atoms with Crippen LogP contribution in [0.4, 0.5) is 8.78 Å². The molecule has 0 spiro atoms. The number of nitrogens with one attached hydrogen (secondary N) is 1. The van der Waals surface area contributed by atoms with Crippen LogP contribution in [0, 0.1) is 0 Å². The molecule has 100 valence electrons. The lowest BCUT2D eigenvalue weighted by molar-refractivity contribution is -0.0477. The fourth-order valence-electron chi connectivity index (χ4n) is 1.30. The van der Waals surface area contributed by atoms with Crippen LogP contribution in [0.5, 0.6) is 5.75 Å². The number of aliphatic hydroxyl groups is 1. The molecule has 1 aromatic carbocycles. The van der Waals surface area contributed by atoms with E-state index in [9.17, 15) is 8.78 Å². The van der Waals surface area contributed by atoms with E-state index in [0.29, 0.717) is 18.9 Å². The van der Waals surface area contributed by atoms with Crippen molar-refractivity contribution in [2.24, 2.45) is 0 Å². The van der Waals surface area contributed by atoms with Crippen molar-refractivity contribution in [3.63, 3.8) is 0 Å². The molecule has 18 heavy (non-hydrogen) atoms. The van der Waals surface area contributed by atoms with Gasteiger partial charge in [0.1, 0.15) is 19.0 Å². The molecule has 0 aliphatic heterocycles. The molecular formula is C13H17F2NO2. The van der Waals surface area contributed by atoms with Gasteiger partial charge in [-0.2, -0.15) is 0 Å². The lowest BCUT2D eigenvalue weighted by Gasteiger charge is -2.14. The minimum atomic E-state index is -3.08. The van der Waals surface area contributed by atoms with Crippen LogP contribution in [0.3, 0.4) is 0 Å². The summed E-state index contributed by atoms with van der Waals surface area (Å²) in [5.41, 5.74) is 0.870. The van der Waals surface area contributed by atoms with Gasteiger partial charge in [0.25, 0.3) is 5.92 Å². The average Bonchev–Trinajstić information content (AvgIpc) is 2.38. The van der Waals surface area contributed by atoms with E-state index in [4.69, 9.17) is 9.84 Å². The molecule has 2 N–H and O–H groups in total. The molecule has 1 aromatic rings. The minimum Gasteiger partial charge on any atom is -0.490 e. The van der Waals surface area contributed by atoms with Gasteiger partial charge in [-0.05, 0) is 17.7 Å². The number of halogens is 2. The maximum atomic E-state index is 12.7. The van der Waals surface area contributed by atoms with Crippen molar-refractivity contribution in [2.75, 3.05) is 19.8 Å². The summed E-state index contributed by atoms with van der Waals surface area (Å²) in [6, 6.07) is 7.13. The average molecular weight is 257 g/mol. The van der Waals surface area contributed by atoms with Gasteiger partial charge in [-0.15, -0.1) is 0 Å². The third-order valence-electron chi connectivity index (χ3n) is 2.24. The first-order valence-corrected chi connectivity index (χ1v) is 5.59. The van der Waals surface area contributed by atoms with Crippen molar-refractivity contribution in [3.8, 4) is 5.75 Å². The second kappa shape index (κ2) is 7.08. The van der Waals surface area contributed by atoms with E-state index in [2.05, 4.69) is 11.9 Å². The first kappa shape index (κ1) is 14.6. The second-order valence-electron chi connectivity index (χ2n) is 3.86. The van der Waals surface area contributed by atoms with Gasteiger partial charge in [-0.3, -0.25) is 0 Å². The molecule has 1 rings (SSSR count). The lowest BCUT2D eigenvalue weighted by atomic mass is 10.2. The van der Waals surface area contributed by atoms with Crippen LogP contribution in [0.2, 0.25) is 0 Å². The summed E-state index contributed by atoms with van der Waals surface area (Å²) in [5.74, 6) is -2.37. The Morgan fingerprint density at radius 3 is 2.56 bits per heavy atom. The predicted molar refractivity (Wildman–Crippen MR) is 65.9 cm³/mol.